The smallest absolute Gasteiger partial charge is 0.155 e. The van der Waals surface area contributed by atoms with Crippen molar-refractivity contribution in [2.24, 2.45) is 0 Å². The molecule has 1 aliphatic rings. The van der Waals surface area contributed by atoms with Crippen molar-refractivity contribution in [3.05, 3.63) is 120 Å². The van der Waals surface area contributed by atoms with E-state index in [0.717, 1.165) is 23.5 Å². The highest BCUT2D eigenvalue weighted by Crippen LogP contribution is 2.62. The molecule has 1 aromatic heterocycles. The zero-order valence-electron chi connectivity index (χ0n) is 18.1. The summed E-state index contributed by atoms with van der Waals surface area (Å²) in [5.74, 6) is 0. The zero-order valence-corrected chi connectivity index (χ0v) is 19.8. The number of hydrogen-bond donors (Lipinski definition) is 0. The molecule has 32 heavy (non-hydrogen) atoms. The molecule has 0 saturated heterocycles. The molecule has 5 rings (SSSR count). The molecular formula is C29H27OPS. The Morgan fingerprint density at radius 3 is 1.84 bits per heavy atom. The molecule has 0 fully saturated rings. The second-order valence-electron chi connectivity index (χ2n) is 8.32. The molecule has 0 amide bonds. The third kappa shape index (κ3) is 4.06. The van der Waals surface area contributed by atoms with Crippen LogP contribution in [0.4, 0.5) is 0 Å². The van der Waals surface area contributed by atoms with E-state index in [1.165, 1.54) is 33.7 Å². The lowest BCUT2D eigenvalue weighted by Gasteiger charge is -2.31. The van der Waals surface area contributed by atoms with E-state index in [4.69, 9.17) is 0 Å². The summed E-state index contributed by atoms with van der Waals surface area (Å²) in [4.78, 5) is 2.43. The van der Waals surface area contributed by atoms with Crippen molar-refractivity contribution in [2.75, 3.05) is 0 Å². The number of rotatable bonds is 6. The number of thiophene rings is 1. The highest BCUT2D eigenvalue weighted by atomic mass is 32.1. The van der Waals surface area contributed by atoms with E-state index >= 15 is 4.57 Å². The molecule has 1 heterocycles. The first-order valence-corrected chi connectivity index (χ1v) is 13.9. The van der Waals surface area contributed by atoms with Gasteiger partial charge in [0.25, 0.3) is 0 Å². The molecule has 3 heteroatoms. The van der Waals surface area contributed by atoms with Crippen LogP contribution >= 0.6 is 18.5 Å². The van der Waals surface area contributed by atoms with Crippen LogP contribution in [0.1, 0.15) is 36.2 Å². The normalized spacial score (nSPS) is 15.2. The zero-order chi connectivity index (χ0) is 21.8. The number of benzene rings is 3. The van der Waals surface area contributed by atoms with Crippen molar-refractivity contribution in [1.82, 2.24) is 0 Å². The summed E-state index contributed by atoms with van der Waals surface area (Å²) in [5, 5.41) is 1.88. The first-order valence-electron chi connectivity index (χ1n) is 11.3. The average molecular weight is 455 g/mol. The highest BCUT2D eigenvalue weighted by molar-refractivity contribution is 7.79. The Bertz CT molecular complexity index is 1200. The van der Waals surface area contributed by atoms with Crippen LogP contribution in [0.15, 0.2) is 115 Å². The van der Waals surface area contributed by atoms with Gasteiger partial charge in [0, 0.05) is 20.4 Å². The van der Waals surface area contributed by atoms with Gasteiger partial charge in [0.2, 0.25) is 0 Å². The monoisotopic (exact) mass is 454 g/mol. The summed E-state index contributed by atoms with van der Waals surface area (Å²) in [6.07, 6.45) is 6.85. The Labute approximate surface area is 194 Å². The van der Waals surface area contributed by atoms with Gasteiger partial charge in [-0.25, -0.2) is 0 Å². The van der Waals surface area contributed by atoms with Crippen molar-refractivity contribution in [3.63, 3.8) is 0 Å². The summed E-state index contributed by atoms with van der Waals surface area (Å²) in [6, 6.07) is 35.2. The third-order valence-electron chi connectivity index (χ3n) is 6.28. The molecular weight excluding hydrogens is 427 g/mol. The van der Waals surface area contributed by atoms with Crippen molar-refractivity contribution < 1.29 is 4.57 Å². The van der Waals surface area contributed by atoms with Crippen LogP contribution in [0.2, 0.25) is 0 Å². The van der Waals surface area contributed by atoms with Crippen LogP contribution in [0.3, 0.4) is 0 Å². The number of hydrogen-bond acceptors (Lipinski definition) is 2. The van der Waals surface area contributed by atoms with Crippen LogP contribution in [0.25, 0.3) is 10.4 Å². The van der Waals surface area contributed by atoms with Crippen LogP contribution in [-0.2, 0) is 4.57 Å². The van der Waals surface area contributed by atoms with E-state index in [-0.39, 0.29) is 5.66 Å². The quantitative estimate of drug-likeness (QED) is 0.213. The third-order valence-corrected chi connectivity index (χ3v) is 11.1. The van der Waals surface area contributed by atoms with Crippen molar-refractivity contribution >= 4 is 29.1 Å². The molecule has 1 atom stereocenters. The average Bonchev–Trinajstić information content (AvgIpc) is 3.36. The van der Waals surface area contributed by atoms with E-state index in [2.05, 4.69) is 66.7 Å². The lowest BCUT2D eigenvalue weighted by molar-refractivity contribution is 0.579. The van der Waals surface area contributed by atoms with Crippen molar-refractivity contribution in [2.45, 2.75) is 31.3 Å². The maximum Gasteiger partial charge on any atom is 0.155 e. The lowest BCUT2D eigenvalue weighted by atomic mass is 9.96. The molecule has 3 aromatic carbocycles. The van der Waals surface area contributed by atoms with Crippen LogP contribution < -0.4 is 10.6 Å². The molecule has 0 radical (unpaired) electrons. The van der Waals surface area contributed by atoms with Gasteiger partial charge in [0.15, 0.2) is 7.14 Å². The summed E-state index contributed by atoms with van der Waals surface area (Å²) in [6.45, 7) is 0. The molecule has 0 bridgehead atoms. The summed E-state index contributed by atoms with van der Waals surface area (Å²) in [7, 11) is -2.96. The highest BCUT2D eigenvalue weighted by Gasteiger charge is 2.40. The lowest BCUT2D eigenvalue weighted by Crippen LogP contribution is -2.22. The maximum absolute atomic E-state index is 15.3. The molecule has 1 nitrogen and oxygen atoms in total. The Morgan fingerprint density at radius 1 is 0.688 bits per heavy atom. The molecule has 4 aromatic rings. The van der Waals surface area contributed by atoms with Gasteiger partial charge in [0.05, 0.1) is 5.66 Å². The second kappa shape index (κ2) is 9.45. The fourth-order valence-corrected chi connectivity index (χ4v) is 9.63. The van der Waals surface area contributed by atoms with Gasteiger partial charge in [-0.05, 0) is 43.4 Å². The molecule has 1 aliphatic carbocycles. The van der Waals surface area contributed by atoms with Crippen LogP contribution in [-0.4, -0.2) is 0 Å². The van der Waals surface area contributed by atoms with Gasteiger partial charge in [-0.15, -0.1) is 11.3 Å². The first-order chi connectivity index (χ1) is 15.8. The Morgan fingerprint density at radius 2 is 1.28 bits per heavy atom. The summed E-state index contributed by atoms with van der Waals surface area (Å²) >= 11 is 1.79. The Hall–Kier alpha value is -2.67. The van der Waals surface area contributed by atoms with Gasteiger partial charge < -0.3 is 4.57 Å². The fraction of sp³-hybridized carbons (Fsp3) is 0.172. The standard InChI is InChI=1S/C29H27OPS/c30-31(25-17-9-3-10-18-25,26-19-11-4-12-20-26)29(24-15-7-2-8-16-24)28-22-21-27(32-28)23-13-5-1-6-14-23/h1,3-6,9-15,17-22,29H,2,7-8,16H2. The minimum absolute atomic E-state index is 0.116. The minimum Gasteiger partial charge on any atom is -0.313 e. The summed E-state index contributed by atoms with van der Waals surface area (Å²) in [5.41, 5.74) is 2.44. The maximum atomic E-state index is 15.3. The van der Waals surface area contributed by atoms with E-state index in [9.17, 15) is 0 Å². The molecule has 0 N–H and O–H groups in total. The van der Waals surface area contributed by atoms with Crippen LogP contribution in [0, 0.1) is 0 Å². The molecule has 160 valence electrons. The van der Waals surface area contributed by atoms with Crippen molar-refractivity contribution in [1.29, 1.82) is 0 Å². The van der Waals surface area contributed by atoms with Gasteiger partial charge in [-0.2, -0.15) is 0 Å². The second-order valence-corrected chi connectivity index (χ2v) is 12.3. The predicted molar refractivity (Wildman–Crippen MR) is 139 cm³/mol. The van der Waals surface area contributed by atoms with Crippen LogP contribution in [0.5, 0.6) is 0 Å². The molecule has 0 aliphatic heterocycles. The van der Waals surface area contributed by atoms with E-state index < -0.39 is 7.14 Å². The predicted octanol–water partition coefficient (Wildman–Crippen LogP) is 7.97. The van der Waals surface area contributed by atoms with Gasteiger partial charge in [0.1, 0.15) is 0 Å². The molecule has 1 unspecified atom stereocenters. The van der Waals surface area contributed by atoms with Gasteiger partial charge >= 0.3 is 0 Å². The van der Waals surface area contributed by atoms with E-state index in [1.54, 1.807) is 11.3 Å². The minimum atomic E-state index is -2.96. The first kappa shape index (κ1) is 21.2. The van der Waals surface area contributed by atoms with E-state index in [0.29, 0.717) is 0 Å². The molecule has 0 spiro atoms. The molecule has 0 saturated carbocycles. The number of allylic oxidation sites excluding steroid dienone is 2. The van der Waals surface area contributed by atoms with E-state index in [1.807, 2.05) is 42.5 Å². The fourth-order valence-electron chi connectivity index (χ4n) is 4.71. The van der Waals surface area contributed by atoms with Gasteiger partial charge in [-0.3, -0.25) is 0 Å². The van der Waals surface area contributed by atoms with Crippen molar-refractivity contribution in [3.8, 4) is 10.4 Å². The SMILES string of the molecule is O=P(c1ccccc1)(c1ccccc1)C(C1=CCCCC1)c1ccc(-c2ccccc2)s1. The van der Waals surface area contributed by atoms with Gasteiger partial charge in [-0.1, -0.05) is 103 Å². The summed E-state index contributed by atoms with van der Waals surface area (Å²) < 4.78 is 15.3. The Balaban J connectivity index is 1.71. The largest absolute Gasteiger partial charge is 0.313 e. The Kier molecular flexibility index (Phi) is 6.26. The topological polar surface area (TPSA) is 17.1 Å².